The molecule has 0 radical (unpaired) electrons. The first kappa shape index (κ1) is 14.6. The summed E-state index contributed by atoms with van der Waals surface area (Å²) in [6.45, 7) is 6.50. The van der Waals surface area contributed by atoms with Gasteiger partial charge in [-0.3, -0.25) is 0 Å². The van der Waals surface area contributed by atoms with E-state index in [1.807, 2.05) is 6.07 Å². The van der Waals surface area contributed by atoms with Gasteiger partial charge in [-0.2, -0.15) is 0 Å². The van der Waals surface area contributed by atoms with Crippen LogP contribution in [0.2, 0.25) is 0 Å². The lowest BCUT2D eigenvalue weighted by Crippen LogP contribution is -2.02. The predicted molar refractivity (Wildman–Crippen MR) is 92.5 cm³/mol. The van der Waals surface area contributed by atoms with E-state index in [0.717, 1.165) is 24.4 Å². The minimum absolute atomic E-state index is 0.986. The monoisotopic (exact) mass is 290 g/mol. The molecule has 0 aliphatic rings. The van der Waals surface area contributed by atoms with Crippen LogP contribution in [0.15, 0.2) is 54.7 Å². The largest absolute Gasteiger partial charge is 0.303 e. The van der Waals surface area contributed by atoms with Gasteiger partial charge in [-0.25, -0.2) is 4.98 Å². The van der Waals surface area contributed by atoms with Crippen molar-refractivity contribution in [2.24, 2.45) is 0 Å². The molecular formula is C20H22N2. The Balaban J connectivity index is 2.12. The van der Waals surface area contributed by atoms with Crippen molar-refractivity contribution in [3.8, 4) is 16.9 Å². The number of rotatable bonds is 4. The maximum atomic E-state index is 4.87. The van der Waals surface area contributed by atoms with Gasteiger partial charge in [0.1, 0.15) is 5.82 Å². The van der Waals surface area contributed by atoms with Crippen molar-refractivity contribution in [2.45, 2.75) is 33.6 Å². The molecule has 0 fully saturated rings. The van der Waals surface area contributed by atoms with E-state index >= 15 is 0 Å². The molecule has 22 heavy (non-hydrogen) atoms. The van der Waals surface area contributed by atoms with Gasteiger partial charge in [0, 0.05) is 23.9 Å². The number of benzene rings is 2. The zero-order valence-electron chi connectivity index (χ0n) is 13.5. The lowest BCUT2D eigenvalue weighted by molar-refractivity contribution is 0.807. The summed E-state index contributed by atoms with van der Waals surface area (Å²) in [6.07, 6.45) is 4.24. The van der Waals surface area contributed by atoms with Gasteiger partial charge in [-0.05, 0) is 31.9 Å². The van der Waals surface area contributed by atoms with Crippen LogP contribution in [0.25, 0.3) is 16.9 Å². The highest BCUT2D eigenvalue weighted by atomic mass is 15.1. The third kappa shape index (κ3) is 2.82. The Kier molecular flexibility index (Phi) is 4.10. The van der Waals surface area contributed by atoms with Gasteiger partial charge in [0.15, 0.2) is 0 Å². The molecule has 1 heterocycles. The Labute approximate surface area is 132 Å². The van der Waals surface area contributed by atoms with Crippen LogP contribution in [-0.2, 0) is 6.42 Å². The first-order chi connectivity index (χ1) is 10.7. The van der Waals surface area contributed by atoms with Crippen LogP contribution < -0.4 is 0 Å². The maximum absolute atomic E-state index is 4.87. The van der Waals surface area contributed by atoms with Crippen molar-refractivity contribution in [1.82, 2.24) is 9.55 Å². The molecule has 0 saturated heterocycles. The number of imidazole rings is 1. The van der Waals surface area contributed by atoms with Crippen LogP contribution in [0.4, 0.5) is 0 Å². The highest BCUT2D eigenvalue weighted by molar-refractivity contribution is 5.60. The van der Waals surface area contributed by atoms with Gasteiger partial charge in [0.2, 0.25) is 0 Å². The fraction of sp³-hybridized carbons (Fsp3) is 0.250. The first-order valence-corrected chi connectivity index (χ1v) is 7.90. The van der Waals surface area contributed by atoms with Crippen molar-refractivity contribution < 1.29 is 0 Å². The minimum Gasteiger partial charge on any atom is -0.303 e. The highest BCUT2D eigenvalue weighted by Crippen LogP contribution is 2.24. The van der Waals surface area contributed by atoms with E-state index in [9.17, 15) is 0 Å². The SMILES string of the molecule is CCCc1nc(-c2ccccc2)cn1-c1ccc(C)cc1C. The normalized spacial score (nSPS) is 10.9. The third-order valence-corrected chi connectivity index (χ3v) is 3.93. The predicted octanol–water partition coefficient (Wildman–Crippen LogP) is 5.11. The molecule has 2 nitrogen and oxygen atoms in total. The minimum atomic E-state index is 0.986. The van der Waals surface area contributed by atoms with Gasteiger partial charge in [0.05, 0.1) is 5.69 Å². The molecule has 0 aliphatic heterocycles. The maximum Gasteiger partial charge on any atom is 0.113 e. The van der Waals surface area contributed by atoms with E-state index in [1.165, 1.54) is 22.4 Å². The fourth-order valence-electron chi connectivity index (χ4n) is 2.85. The molecule has 0 unspecified atom stereocenters. The number of hydrogen-bond donors (Lipinski definition) is 0. The molecule has 0 N–H and O–H groups in total. The molecular weight excluding hydrogens is 268 g/mol. The molecule has 0 atom stereocenters. The summed E-state index contributed by atoms with van der Waals surface area (Å²) in [4.78, 5) is 4.87. The van der Waals surface area contributed by atoms with E-state index in [-0.39, 0.29) is 0 Å². The quantitative estimate of drug-likeness (QED) is 0.653. The second-order valence-electron chi connectivity index (χ2n) is 5.82. The Bertz CT molecular complexity index is 770. The van der Waals surface area contributed by atoms with Gasteiger partial charge < -0.3 is 4.57 Å². The van der Waals surface area contributed by atoms with Gasteiger partial charge >= 0.3 is 0 Å². The van der Waals surface area contributed by atoms with E-state index in [2.05, 4.69) is 74.0 Å². The van der Waals surface area contributed by atoms with Crippen LogP contribution in [0.3, 0.4) is 0 Å². The number of aryl methyl sites for hydroxylation is 3. The van der Waals surface area contributed by atoms with E-state index in [0.29, 0.717) is 0 Å². The van der Waals surface area contributed by atoms with Crippen molar-refractivity contribution in [3.63, 3.8) is 0 Å². The van der Waals surface area contributed by atoms with Crippen LogP contribution in [0.1, 0.15) is 30.3 Å². The van der Waals surface area contributed by atoms with Crippen molar-refractivity contribution in [2.75, 3.05) is 0 Å². The summed E-state index contributed by atoms with van der Waals surface area (Å²) in [5.74, 6) is 1.13. The molecule has 2 heteroatoms. The second kappa shape index (κ2) is 6.18. The van der Waals surface area contributed by atoms with Crippen LogP contribution in [-0.4, -0.2) is 9.55 Å². The Hall–Kier alpha value is -2.35. The molecule has 0 saturated carbocycles. The molecule has 3 aromatic rings. The molecule has 3 rings (SSSR count). The van der Waals surface area contributed by atoms with Gasteiger partial charge in [-0.1, -0.05) is 55.0 Å². The standard InChI is InChI=1S/C20H22N2/c1-4-8-20-21-18(17-9-6-5-7-10-17)14-22(20)19-12-11-15(2)13-16(19)3/h5-7,9-14H,4,8H2,1-3H3. The van der Waals surface area contributed by atoms with E-state index in [1.54, 1.807) is 0 Å². The molecule has 0 amide bonds. The molecule has 2 aromatic carbocycles. The smallest absolute Gasteiger partial charge is 0.113 e. The molecule has 0 spiro atoms. The number of aromatic nitrogens is 2. The van der Waals surface area contributed by atoms with Gasteiger partial charge in [-0.15, -0.1) is 0 Å². The Morgan fingerprint density at radius 1 is 1.00 bits per heavy atom. The average Bonchev–Trinajstić information content (AvgIpc) is 2.92. The summed E-state index contributed by atoms with van der Waals surface area (Å²) in [7, 11) is 0. The fourth-order valence-corrected chi connectivity index (χ4v) is 2.85. The summed E-state index contributed by atoms with van der Waals surface area (Å²) >= 11 is 0. The summed E-state index contributed by atoms with van der Waals surface area (Å²) < 4.78 is 2.25. The summed E-state index contributed by atoms with van der Waals surface area (Å²) in [6, 6.07) is 17.0. The van der Waals surface area contributed by atoms with Crippen LogP contribution >= 0.6 is 0 Å². The Morgan fingerprint density at radius 2 is 1.77 bits per heavy atom. The van der Waals surface area contributed by atoms with Crippen molar-refractivity contribution in [3.05, 3.63) is 71.7 Å². The average molecular weight is 290 g/mol. The zero-order chi connectivity index (χ0) is 15.5. The Morgan fingerprint density at radius 3 is 2.45 bits per heavy atom. The number of nitrogens with zero attached hydrogens (tertiary/aromatic N) is 2. The number of hydrogen-bond acceptors (Lipinski definition) is 1. The van der Waals surface area contributed by atoms with E-state index < -0.39 is 0 Å². The molecule has 0 bridgehead atoms. The third-order valence-electron chi connectivity index (χ3n) is 3.93. The molecule has 112 valence electrons. The first-order valence-electron chi connectivity index (χ1n) is 7.90. The lowest BCUT2D eigenvalue weighted by atomic mass is 10.1. The van der Waals surface area contributed by atoms with Crippen LogP contribution in [0, 0.1) is 13.8 Å². The lowest BCUT2D eigenvalue weighted by Gasteiger charge is -2.11. The highest BCUT2D eigenvalue weighted by Gasteiger charge is 2.12. The van der Waals surface area contributed by atoms with Crippen molar-refractivity contribution in [1.29, 1.82) is 0 Å². The summed E-state index contributed by atoms with van der Waals surface area (Å²) in [5, 5.41) is 0. The zero-order valence-corrected chi connectivity index (χ0v) is 13.5. The van der Waals surface area contributed by atoms with Gasteiger partial charge in [0.25, 0.3) is 0 Å². The van der Waals surface area contributed by atoms with Crippen molar-refractivity contribution >= 4 is 0 Å². The molecule has 0 aliphatic carbocycles. The molecule has 1 aromatic heterocycles. The summed E-state index contributed by atoms with van der Waals surface area (Å²) in [5.41, 5.74) is 6.02. The second-order valence-corrected chi connectivity index (χ2v) is 5.82. The topological polar surface area (TPSA) is 17.8 Å². The van der Waals surface area contributed by atoms with Crippen LogP contribution in [0.5, 0.6) is 0 Å². The van der Waals surface area contributed by atoms with E-state index in [4.69, 9.17) is 4.98 Å².